The van der Waals surface area contributed by atoms with E-state index in [4.69, 9.17) is 9.47 Å². The maximum Gasteiger partial charge on any atom is 0.343 e. The van der Waals surface area contributed by atoms with E-state index < -0.39 is 11.9 Å². The van der Waals surface area contributed by atoms with Gasteiger partial charge in [0.1, 0.15) is 0 Å². The molecule has 0 spiro atoms. The molecule has 0 unspecified atom stereocenters. The van der Waals surface area contributed by atoms with Gasteiger partial charge in [0, 0.05) is 5.56 Å². The summed E-state index contributed by atoms with van der Waals surface area (Å²) < 4.78 is 12.1. The second-order valence-electron chi connectivity index (χ2n) is 9.21. The zero-order valence-electron chi connectivity index (χ0n) is 20.7. The highest BCUT2D eigenvalue weighted by atomic mass is 16.6. The monoisotopic (exact) mass is 470 g/mol. The number of hydrogen-bond acceptors (Lipinski definition) is 4. The van der Waals surface area contributed by atoms with Crippen LogP contribution in [0.4, 0.5) is 0 Å². The van der Waals surface area contributed by atoms with Crippen molar-refractivity contribution < 1.29 is 19.1 Å². The Balaban J connectivity index is 1.84. The summed E-state index contributed by atoms with van der Waals surface area (Å²) in [4.78, 5) is 26.3. The van der Waals surface area contributed by atoms with Crippen molar-refractivity contribution >= 4 is 11.9 Å². The van der Waals surface area contributed by atoms with Gasteiger partial charge in [0.05, 0.1) is 11.1 Å². The quantitative estimate of drug-likeness (QED) is 0.238. The highest BCUT2D eigenvalue weighted by Crippen LogP contribution is 2.45. The molecule has 3 aromatic rings. The van der Waals surface area contributed by atoms with E-state index >= 15 is 0 Å². The number of ether oxygens (including phenoxy) is 2. The van der Waals surface area contributed by atoms with Crippen molar-refractivity contribution in [1.82, 2.24) is 0 Å². The van der Waals surface area contributed by atoms with Crippen molar-refractivity contribution in [2.75, 3.05) is 0 Å². The van der Waals surface area contributed by atoms with Gasteiger partial charge in [0.2, 0.25) is 0 Å². The summed E-state index contributed by atoms with van der Waals surface area (Å²) in [6.07, 6.45) is 8.13. The first kappa shape index (κ1) is 24.7. The Labute approximate surface area is 208 Å². The minimum absolute atomic E-state index is 0.374. The molecule has 1 saturated carbocycles. The van der Waals surface area contributed by atoms with Crippen molar-refractivity contribution in [2.45, 2.75) is 71.1 Å². The molecule has 0 N–H and O–H groups in total. The number of hydrogen-bond donors (Lipinski definition) is 0. The minimum atomic E-state index is -0.452. The van der Waals surface area contributed by atoms with E-state index in [1.165, 1.54) is 18.4 Å². The highest BCUT2D eigenvalue weighted by Gasteiger charge is 2.29. The molecule has 1 aliphatic carbocycles. The molecule has 4 nitrogen and oxygen atoms in total. The molecule has 0 bridgehead atoms. The van der Waals surface area contributed by atoms with Crippen LogP contribution in [0.2, 0.25) is 0 Å². The maximum absolute atomic E-state index is 13.2. The fraction of sp³-hybridized carbons (Fsp3) is 0.355. The van der Waals surface area contributed by atoms with E-state index in [2.05, 4.69) is 13.0 Å². The summed E-state index contributed by atoms with van der Waals surface area (Å²) in [5, 5.41) is 0. The number of rotatable bonds is 9. The van der Waals surface area contributed by atoms with E-state index in [1.807, 2.05) is 43.3 Å². The number of carbonyl (C=O) groups excluding carboxylic acids is 2. The summed E-state index contributed by atoms with van der Waals surface area (Å²) in [5.41, 5.74) is 4.09. The first-order chi connectivity index (χ1) is 17.1. The molecular weight excluding hydrogens is 436 g/mol. The second kappa shape index (κ2) is 11.8. The molecule has 0 aromatic heterocycles. The summed E-state index contributed by atoms with van der Waals surface area (Å²) >= 11 is 0. The summed E-state index contributed by atoms with van der Waals surface area (Å²) in [5.74, 6) is 0.342. The largest absolute Gasteiger partial charge is 0.419 e. The Morgan fingerprint density at radius 2 is 1.34 bits per heavy atom. The lowest BCUT2D eigenvalue weighted by Crippen LogP contribution is -2.17. The molecule has 0 aliphatic heterocycles. The van der Waals surface area contributed by atoms with E-state index in [0.29, 0.717) is 35.0 Å². The van der Waals surface area contributed by atoms with E-state index in [-0.39, 0.29) is 0 Å². The SMILES string of the molecule is CCCCc1c(C2CCCC2)cc(CC)c(OC(=O)c2ccccc2)c1OC(=O)c1ccccc1. The van der Waals surface area contributed by atoms with E-state index in [0.717, 1.165) is 43.2 Å². The van der Waals surface area contributed by atoms with Crippen LogP contribution in [0.3, 0.4) is 0 Å². The van der Waals surface area contributed by atoms with Crippen LogP contribution < -0.4 is 9.47 Å². The standard InChI is InChI=1S/C31H34O4/c1-3-5-20-26-27(23-14-12-13-15-23)21-22(4-2)28(34-30(32)24-16-8-6-9-17-24)29(26)35-31(33)25-18-10-7-11-19-25/h6-11,16-19,21,23H,3-5,12-15,20H2,1-2H3. The van der Waals surface area contributed by atoms with Gasteiger partial charge in [-0.2, -0.15) is 0 Å². The first-order valence-electron chi connectivity index (χ1n) is 12.8. The lowest BCUT2D eigenvalue weighted by Gasteiger charge is -2.24. The Hall–Kier alpha value is -3.40. The van der Waals surface area contributed by atoms with Crippen LogP contribution in [0.1, 0.15) is 95.7 Å². The van der Waals surface area contributed by atoms with Gasteiger partial charge < -0.3 is 9.47 Å². The molecule has 182 valence electrons. The fourth-order valence-electron chi connectivity index (χ4n) is 4.90. The summed E-state index contributed by atoms with van der Waals surface area (Å²) in [7, 11) is 0. The van der Waals surface area contributed by atoms with Crippen LogP contribution in [0.15, 0.2) is 66.7 Å². The molecule has 0 heterocycles. The minimum Gasteiger partial charge on any atom is -0.419 e. The Bertz CT molecular complexity index is 1150. The highest BCUT2D eigenvalue weighted by molar-refractivity contribution is 5.93. The third-order valence-electron chi connectivity index (χ3n) is 6.81. The molecule has 0 amide bonds. The van der Waals surface area contributed by atoms with Crippen molar-refractivity contribution in [3.05, 3.63) is 94.5 Å². The van der Waals surface area contributed by atoms with Crippen molar-refractivity contribution in [3.8, 4) is 11.5 Å². The molecule has 1 aliphatic rings. The van der Waals surface area contributed by atoms with Gasteiger partial charge in [0.15, 0.2) is 11.5 Å². The molecule has 35 heavy (non-hydrogen) atoms. The van der Waals surface area contributed by atoms with Gasteiger partial charge in [-0.05, 0) is 73.4 Å². The number of carbonyl (C=O) groups is 2. The molecule has 3 aromatic carbocycles. The first-order valence-corrected chi connectivity index (χ1v) is 12.8. The molecule has 0 radical (unpaired) electrons. The van der Waals surface area contributed by atoms with E-state index in [1.54, 1.807) is 24.3 Å². The topological polar surface area (TPSA) is 52.6 Å². The van der Waals surface area contributed by atoms with Crippen molar-refractivity contribution in [3.63, 3.8) is 0 Å². The Morgan fingerprint density at radius 1 is 0.800 bits per heavy atom. The average molecular weight is 471 g/mol. The lowest BCUT2D eigenvalue weighted by molar-refractivity contribution is 0.0679. The Kier molecular flexibility index (Phi) is 8.36. The number of unbranched alkanes of at least 4 members (excludes halogenated alkanes) is 1. The van der Waals surface area contributed by atoms with E-state index in [9.17, 15) is 9.59 Å². The van der Waals surface area contributed by atoms with Crippen LogP contribution in [0.25, 0.3) is 0 Å². The third kappa shape index (κ3) is 5.82. The van der Waals surface area contributed by atoms with Crippen LogP contribution in [0, 0.1) is 0 Å². The number of benzene rings is 3. The summed E-state index contributed by atoms with van der Waals surface area (Å²) in [6, 6.07) is 20.1. The number of aryl methyl sites for hydroxylation is 1. The van der Waals surface area contributed by atoms with Gasteiger partial charge in [-0.15, -0.1) is 0 Å². The number of esters is 2. The normalized spacial score (nSPS) is 13.5. The third-order valence-corrected chi connectivity index (χ3v) is 6.81. The van der Waals surface area contributed by atoms with Crippen LogP contribution in [-0.2, 0) is 12.8 Å². The molecule has 4 heteroatoms. The maximum atomic E-state index is 13.2. The van der Waals surface area contributed by atoms with Crippen molar-refractivity contribution in [1.29, 1.82) is 0 Å². The van der Waals surface area contributed by atoms with Crippen molar-refractivity contribution in [2.24, 2.45) is 0 Å². The van der Waals surface area contributed by atoms with Gasteiger partial charge in [-0.3, -0.25) is 0 Å². The molecule has 4 rings (SSSR count). The van der Waals surface area contributed by atoms with Crippen LogP contribution >= 0.6 is 0 Å². The van der Waals surface area contributed by atoms with Gasteiger partial charge in [-0.25, -0.2) is 9.59 Å². The van der Waals surface area contributed by atoms with Gasteiger partial charge in [0.25, 0.3) is 0 Å². The van der Waals surface area contributed by atoms with Crippen LogP contribution in [-0.4, -0.2) is 11.9 Å². The fourth-order valence-corrected chi connectivity index (χ4v) is 4.90. The summed E-state index contributed by atoms with van der Waals surface area (Å²) in [6.45, 7) is 4.20. The lowest BCUT2D eigenvalue weighted by atomic mass is 9.87. The zero-order chi connectivity index (χ0) is 24.6. The van der Waals surface area contributed by atoms with Gasteiger partial charge in [-0.1, -0.05) is 75.6 Å². The predicted molar refractivity (Wildman–Crippen MR) is 138 cm³/mol. The second-order valence-corrected chi connectivity index (χ2v) is 9.21. The van der Waals surface area contributed by atoms with Crippen LogP contribution in [0.5, 0.6) is 11.5 Å². The molecule has 1 fully saturated rings. The predicted octanol–water partition coefficient (Wildman–Crippen LogP) is 7.69. The Morgan fingerprint density at radius 3 is 1.86 bits per heavy atom. The molecule has 0 atom stereocenters. The smallest absolute Gasteiger partial charge is 0.343 e. The average Bonchev–Trinajstić information content (AvgIpc) is 3.44. The molecular formula is C31H34O4. The zero-order valence-corrected chi connectivity index (χ0v) is 20.7. The van der Waals surface area contributed by atoms with Gasteiger partial charge >= 0.3 is 11.9 Å². The molecule has 0 saturated heterocycles.